The third kappa shape index (κ3) is 3.65. The van der Waals surface area contributed by atoms with Crippen molar-refractivity contribution in [1.82, 2.24) is 10.1 Å². The van der Waals surface area contributed by atoms with Gasteiger partial charge in [0.2, 0.25) is 0 Å². The Hall–Kier alpha value is -2.69. The summed E-state index contributed by atoms with van der Waals surface area (Å²) in [5.41, 5.74) is 4.44. The highest BCUT2D eigenvalue weighted by Crippen LogP contribution is 2.77. The highest BCUT2D eigenvalue weighted by atomic mass is 16.5. The molecule has 4 saturated carbocycles. The summed E-state index contributed by atoms with van der Waals surface area (Å²) in [4.78, 5) is 29.0. The van der Waals surface area contributed by atoms with E-state index in [1.54, 1.807) is 4.90 Å². The molecule has 5 nitrogen and oxygen atoms in total. The molecule has 0 unspecified atom stereocenters. The number of aromatic nitrogens is 1. The molecule has 45 heavy (non-hydrogen) atoms. The summed E-state index contributed by atoms with van der Waals surface area (Å²) in [6, 6.07) is 7.39. The lowest BCUT2D eigenvalue weighted by molar-refractivity contribution is -0.219. The summed E-state index contributed by atoms with van der Waals surface area (Å²) in [5.74, 6) is 2.79. The van der Waals surface area contributed by atoms with Crippen molar-refractivity contribution in [3.05, 3.63) is 65.1 Å². The first kappa shape index (κ1) is 29.7. The Balaban J connectivity index is 1.19. The van der Waals surface area contributed by atoms with E-state index in [9.17, 15) is 9.59 Å². The number of hydrogen-bond donors (Lipinski definition) is 0. The molecule has 1 aliphatic heterocycles. The first-order chi connectivity index (χ1) is 21.1. The van der Waals surface area contributed by atoms with Crippen LogP contribution in [0.15, 0.2) is 47.1 Å². The molecular weight excluding hydrogens is 556 g/mol. The molecule has 240 valence electrons. The molecule has 4 fully saturated rings. The van der Waals surface area contributed by atoms with E-state index < -0.39 is 0 Å². The predicted octanol–water partition coefficient (Wildman–Crippen LogP) is 9.03. The van der Waals surface area contributed by atoms with Crippen LogP contribution >= 0.6 is 0 Å². The van der Waals surface area contributed by atoms with Gasteiger partial charge >= 0.3 is 0 Å². The number of allylic oxidation sites excluding steroid dienone is 1. The van der Waals surface area contributed by atoms with Crippen molar-refractivity contribution in [1.29, 1.82) is 0 Å². The maximum atomic E-state index is 13.7. The summed E-state index contributed by atoms with van der Waals surface area (Å²) >= 11 is 0. The van der Waals surface area contributed by atoms with Crippen LogP contribution in [-0.2, 0) is 11.8 Å². The Morgan fingerprint density at radius 2 is 1.56 bits per heavy atom. The summed E-state index contributed by atoms with van der Waals surface area (Å²) in [6.07, 6.45) is 12.1. The van der Waals surface area contributed by atoms with Gasteiger partial charge in [0.15, 0.2) is 0 Å². The number of amides is 2. The molecule has 8 rings (SSSR count). The van der Waals surface area contributed by atoms with E-state index in [-0.39, 0.29) is 44.3 Å². The number of benzene rings is 1. The van der Waals surface area contributed by atoms with Crippen LogP contribution in [0.25, 0.3) is 0 Å². The lowest BCUT2D eigenvalue weighted by Crippen LogP contribution is -2.68. The van der Waals surface area contributed by atoms with E-state index in [0.29, 0.717) is 41.3 Å². The van der Waals surface area contributed by atoms with Gasteiger partial charge in [0.1, 0.15) is 5.76 Å². The second kappa shape index (κ2) is 9.01. The standard InChI is InChI=1S/C40H52N2O3/c1-24-19-30-37(6)20-25-22-41-45-32(25)36(4,5)29(37)13-14-38(30,7)39(8)16-18-40(17-15-35(2,3)21-28(40)31(24)39)23-42-33(43)26-11-9-10-12-27(26)34(42)44/h9-12,22,28-31H,1,13-21,23H2,2-8H3/t28-,29-,30+,31+,37-,38+,39+,40+/m0/s1. The quantitative estimate of drug-likeness (QED) is 0.252. The molecule has 0 N–H and O–H groups in total. The average molecular weight is 609 g/mol. The van der Waals surface area contributed by atoms with E-state index in [2.05, 4.69) is 53.6 Å². The minimum atomic E-state index is -0.101. The van der Waals surface area contributed by atoms with Gasteiger partial charge in [0, 0.05) is 17.5 Å². The monoisotopic (exact) mass is 608 g/mol. The van der Waals surface area contributed by atoms with Crippen molar-refractivity contribution < 1.29 is 14.1 Å². The van der Waals surface area contributed by atoms with Gasteiger partial charge in [-0.1, -0.05) is 77.9 Å². The molecule has 6 aliphatic rings. The van der Waals surface area contributed by atoms with Crippen molar-refractivity contribution in [2.75, 3.05) is 6.54 Å². The smallest absolute Gasteiger partial charge is 0.261 e. The number of fused-ring (bicyclic) bond motifs is 9. The van der Waals surface area contributed by atoms with Crippen LogP contribution in [0.2, 0.25) is 0 Å². The SMILES string of the molecule is C=C1C[C@@H]2[C@@]3(C)Cc4cnoc4C(C)(C)[C@@H]3CC[C@@]2(C)[C@]2(C)CC[C@@]3(CN4C(=O)c5ccccc5C4=O)CCC(C)(C)C[C@H]3[C@@H]12. The molecule has 5 aliphatic carbocycles. The number of rotatable bonds is 2. The van der Waals surface area contributed by atoms with E-state index in [4.69, 9.17) is 11.1 Å². The van der Waals surface area contributed by atoms with E-state index in [1.165, 1.54) is 24.0 Å². The van der Waals surface area contributed by atoms with Gasteiger partial charge in [0.05, 0.1) is 17.3 Å². The van der Waals surface area contributed by atoms with E-state index in [1.807, 2.05) is 30.5 Å². The third-order valence-electron chi connectivity index (χ3n) is 15.6. The molecule has 8 atom stereocenters. The highest BCUT2D eigenvalue weighted by Gasteiger charge is 2.71. The molecule has 1 aromatic carbocycles. The van der Waals surface area contributed by atoms with Crippen molar-refractivity contribution >= 4 is 11.8 Å². The van der Waals surface area contributed by atoms with Crippen molar-refractivity contribution in [2.45, 2.75) is 112 Å². The molecule has 0 radical (unpaired) electrons. The molecule has 0 spiro atoms. The zero-order valence-corrected chi connectivity index (χ0v) is 28.6. The molecule has 5 heteroatoms. The Bertz CT molecular complexity index is 1600. The minimum absolute atomic E-state index is 0.0409. The molecule has 2 amide bonds. The largest absolute Gasteiger partial charge is 0.361 e. The summed E-state index contributed by atoms with van der Waals surface area (Å²) in [7, 11) is 0. The first-order valence-electron chi connectivity index (χ1n) is 17.7. The van der Waals surface area contributed by atoms with Crippen LogP contribution in [-0.4, -0.2) is 28.4 Å². The van der Waals surface area contributed by atoms with Gasteiger partial charge in [-0.15, -0.1) is 0 Å². The number of nitrogens with zero attached hydrogens (tertiary/aromatic N) is 2. The molecular formula is C40H52N2O3. The maximum Gasteiger partial charge on any atom is 0.261 e. The lowest BCUT2D eigenvalue weighted by Gasteiger charge is -2.73. The topological polar surface area (TPSA) is 63.4 Å². The average Bonchev–Trinajstić information content (AvgIpc) is 3.54. The van der Waals surface area contributed by atoms with Crippen molar-refractivity contribution in [3.63, 3.8) is 0 Å². The molecule has 0 bridgehead atoms. The van der Waals surface area contributed by atoms with E-state index >= 15 is 0 Å². The van der Waals surface area contributed by atoms with Crippen LogP contribution in [0, 0.1) is 50.7 Å². The summed E-state index contributed by atoms with van der Waals surface area (Å²) in [6.45, 7) is 23.1. The van der Waals surface area contributed by atoms with E-state index in [0.717, 1.165) is 50.7 Å². The fourth-order valence-electron chi connectivity index (χ4n) is 13.3. The van der Waals surface area contributed by atoms with Crippen molar-refractivity contribution in [2.24, 2.45) is 50.7 Å². The normalized spacial score (nSPS) is 42.6. The lowest BCUT2D eigenvalue weighted by atomic mass is 9.31. The van der Waals surface area contributed by atoms with Crippen LogP contribution in [0.4, 0.5) is 0 Å². The van der Waals surface area contributed by atoms with Gasteiger partial charge in [0.25, 0.3) is 11.8 Å². The van der Waals surface area contributed by atoms with Crippen LogP contribution in [0.5, 0.6) is 0 Å². The summed E-state index contributed by atoms with van der Waals surface area (Å²) in [5, 5.41) is 4.29. The Labute approximate surface area is 269 Å². The Kier molecular flexibility index (Phi) is 5.95. The van der Waals surface area contributed by atoms with Gasteiger partial charge in [-0.25, -0.2) is 0 Å². The number of hydrogen-bond acceptors (Lipinski definition) is 4. The number of imide groups is 1. The fourth-order valence-corrected chi connectivity index (χ4v) is 13.3. The predicted molar refractivity (Wildman–Crippen MR) is 176 cm³/mol. The molecule has 0 saturated heterocycles. The first-order valence-corrected chi connectivity index (χ1v) is 17.7. The second-order valence-corrected chi connectivity index (χ2v) is 18.5. The number of carbonyl (C=O) groups excluding carboxylic acids is 2. The summed E-state index contributed by atoms with van der Waals surface area (Å²) < 4.78 is 5.91. The fraction of sp³-hybridized carbons (Fsp3) is 0.675. The van der Waals surface area contributed by atoms with Crippen LogP contribution in [0.1, 0.15) is 132 Å². The zero-order valence-electron chi connectivity index (χ0n) is 28.6. The molecule has 2 aromatic rings. The molecule has 1 aromatic heterocycles. The Morgan fingerprint density at radius 1 is 0.889 bits per heavy atom. The van der Waals surface area contributed by atoms with Crippen molar-refractivity contribution in [3.8, 4) is 0 Å². The van der Waals surface area contributed by atoms with Gasteiger partial charge < -0.3 is 4.52 Å². The Morgan fingerprint density at radius 3 is 2.24 bits per heavy atom. The van der Waals surface area contributed by atoms with Gasteiger partial charge in [-0.2, -0.15) is 0 Å². The van der Waals surface area contributed by atoms with Gasteiger partial charge in [-0.3, -0.25) is 14.5 Å². The van der Waals surface area contributed by atoms with Crippen LogP contribution in [0.3, 0.4) is 0 Å². The molecule has 2 heterocycles. The van der Waals surface area contributed by atoms with Gasteiger partial charge in [-0.05, 0) is 121 Å². The zero-order chi connectivity index (χ0) is 31.9. The van der Waals surface area contributed by atoms with Crippen LogP contribution < -0.4 is 0 Å². The highest BCUT2D eigenvalue weighted by molar-refractivity contribution is 6.21. The minimum Gasteiger partial charge on any atom is -0.361 e. The second-order valence-electron chi connectivity index (χ2n) is 18.5. The third-order valence-corrected chi connectivity index (χ3v) is 15.6. The number of carbonyl (C=O) groups is 2. The maximum absolute atomic E-state index is 13.7.